The lowest BCUT2D eigenvalue weighted by Crippen LogP contribution is -2.49. The van der Waals surface area contributed by atoms with Crippen LogP contribution in [0.25, 0.3) is 10.2 Å². The normalized spacial score (nSPS) is 16.8. The highest BCUT2D eigenvalue weighted by Crippen LogP contribution is 2.28. The number of aryl methyl sites for hydroxylation is 2. The van der Waals surface area contributed by atoms with Crippen LogP contribution in [-0.4, -0.2) is 69.9 Å². The molecule has 1 amide bonds. The van der Waals surface area contributed by atoms with Crippen molar-refractivity contribution in [2.45, 2.75) is 6.92 Å². The van der Waals surface area contributed by atoms with Gasteiger partial charge in [0.1, 0.15) is 4.83 Å². The van der Waals surface area contributed by atoms with E-state index in [1.54, 1.807) is 0 Å². The number of aliphatic hydroxyl groups excluding tert-OH is 1. The number of β-amino-alcohol motifs (C(OH)–C–C–N with tert-alkyl or cyclic N) is 1. The summed E-state index contributed by atoms with van der Waals surface area (Å²) in [6, 6.07) is 1.96. The second-order valence-electron chi connectivity index (χ2n) is 5.40. The lowest BCUT2D eigenvalue weighted by atomic mass is 10.2. The number of hydrogen-bond acceptors (Lipinski definition) is 5. The van der Waals surface area contributed by atoms with E-state index in [1.807, 2.05) is 29.6 Å². The van der Waals surface area contributed by atoms with Gasteiger partial charge in [-0.05, 0) is 13.0 Å². The third-order valence-electron chi connectivity index (χ3n) is 3.98. The molecule has 0 saturated carbocycles. The molecule has 2 aromatic heterocycles. The Morgan fingerprint density at radius 3 is 2.71 bits per heavy atom. The maximum atomic E-state index is 12.6. The Balaban J connectivity index is 1.74. The molecule has 1 N–H and O–H groups in total. The molecule has 0 unspecified atom stereocenters. The van der Waals surface area contributed by atoms with Gasteiger partial charge in [-0.15, -0.1) is 11.3 Å². The maximum Gasteiger partial charge on any atom is 0.264 e. The predicted molar refractivity (Wildman–Crippen MR) is 82.8 cm³/mol. The minimum Gasteiger partial charge on any atom is -0.395 e. The fourth-order valence-electron chi connectivity index (χ4n) is 2.78. The zero-order valence-electron chi connectivity index (χ0n) is 12.4. The topological polar surface area (TPSA) is 61.6 Å². The molecule has 0 atom stereocenters. The number of piperazine rings is 1. The van der Waals surface area contributed by atoms with Crippen LogP contribution >= 0.6 is 11.3 Å². The average Bonchev–Trinajstić information content (AvgIpc) is 3.02. The molecule has 0 bridgehead atoms. The second-order valence-corrected chi connectivity index (χ2v) is 6.43. The summed E-state index contributed by atoms with van der Waals surface area (Å²) in [6.45, 7) is 5.95. The van der Waals surface area contributed by atoms with E-state index >= 15 is 0 Å². The lowest BCUT2D eigenvalue weighted by molar-refractivity contribution is 0.0619. The first kappa shape index (κ1) is 14.5. The number of thiophene rings is 1. The van der Waals surface area contributed by atoms with E-state index in [-0.39, 0.29) is 12.5 Å². The van der Waals surface area contributed by atoms with Crippen LogP contribution in [0.2, 0.25) is 0 Å². The van der Waals surface area contributed by atoms with Gasteiger partial charge in [0.2, 0.25) is 0 Å². The van der Waals surface area contributed by atoms with Crippen LogP contribution in [0.4, 0.5) is 0 Å². The number of fused-ring (bicyclic) bond motifs is 1. The van der Waals surface area contributed by atoms with Crippen molar-refractivity contribution >= 4 is 27.5 Å². The molecule has 114 valence electrons. The number of hydrogen-bond donors (Lipinski definition) is 1. The molecule has 21 heavy (non-hydrogen) atoms. The molecule has 0 aliphatic carbocycles. The van der Waals surface area contributed by atoms with Crippen LogP contribution in [0.1, 0.15) is 15.4 Å². The van der Waals surface area contributed by atoms with E-state index in [1.165, 1.54) is 11.3 Å². The first-order valence-corrected chi connectivity index (χ1v) is 7.97. The van der Waals surface area contributed by atoms with Crippen molar-refractivity contribution in [2.75, 3.05) is 39.3 Å². The quantitative estimate of drug-likeness (QED) is 0.906. The van der Waals surface area contributed by atoms with Crippen molar-refractivity contribution in [1.29, 1.82) is 0 Å². The summed E-state index contributed by atoms with van der Waals surface area (Å²) in [4.78, 5) is 18.5. The van der Waals surface area contributed by atoms with Crippen molar-refractivity contribution < 1.29 is 9.90 Å². The van der Waals surface area contributed by atoms with E-state index in [9.17, 15) is 4.79 Å². The van der Waals surface area contributed by atoms with Crippen LogP contribution < -0.4 is 0 Å². The maximum absolute atomic E-state index is 12.6. The van der Waals surface area contributed by atoms with Crippen molar-refractivity contribution in [3.8, 4) is 0 Å². The van der Waals surface area contributed by atoms with Gasteiger partial charge >= 0.3 is 0 Å². The summed E-state index contributed by atoms with van der Waals surface area (Å²) in [5, 5.41) is 14.4. The van der Waals surface area contributed by atoms with E-state index < -0.39 is 0 Å². The molecule has 2 aromatic rings. The molecule has 6 nitrogen and oxygen atoms in total. The van der Waals surface area contributed by atoms with Gasteiger partial charge in [-0.1, -0.05) is 0 Å². The monoisotopic (exact) mass is 308 g/mol. The number of carbonyl (C=O) groups excluding carboxylic acids is 1. The molecule has 3 heterocycles. The SMILES string of the molecule is Cc1nn(C)c2sc(C(=O)N3CCN(CCO)CC3)cc12. The van der Waals surface area contributed by atoms with Gasteiger partial charge < -0.3 is 10.0 Å². The molecule has 1 fully saturated rings. The summed E-state index contributed by atoms with van der Waals surface area (Å²) in [6.07, 6.45) is 0. The van der Waals surface area contributed by atoms with E-state index in [4.69, 9.17) is 5.11 Å². The highest BCUT2D eigenvalue weighted by atomic mass is 32.1. The Morgan fingerprint density at radius 2 is 2.10 bits per heavy atom. The van der Waals surface area contributed by atoms with Crippen molar-refractivity contribution in [2.24, 2.45) is 7.05 Å². The Labute approximate surface area is 127 Å². The summed E-state index contributed by atoms with van der Waals surface area (Å²) < 4.78 is 1.84. The third-order valence-corrected chi connectivity index (χ3v) is 5.17. The molecule has 0 aromatic carbocycles. The van der Waals surface area contributed by atoms with E-state index in [2.05, 4.69) is 10.00 Å². The fraction of sp³-hybridized carbons (Fsp3) is 0.571. The van der Waals surface area contributed by atoms with Crippen LogP contribution in [0.5, 0.6) is 0 Å². The highest BCUT2D eigenvalue weighted by molar-refractivity contribution is 7.20. The molecular weight excluding hydrogens is 288 g/mol. The summed E-state index contributed by atoms with van der Waals surface area (Å²) in [7, 11) is 1.91. The average molecular weight is 308 g/mol. The number of carbonyl (C=O) groups is 1. The second kappa shape index (κ2) is 5.75. The molecular formula is C14H20N4O2S. The number of aliphatic hydroxyl groups is 1. The van der Waals surface area contributed by atoms with Crippen LogP contribution in [0, 0.1) is 6.92 Å². The van der Waals surface area contributed by atoms with Gasteiger partial charge in [0.05, 0.1) is 17.2 Å². The zero-order chi connectivity index (χ0) is 15.0. The fourth-order valence-corrected chi connectivity index (χ4v) is 3.87. The van der Waals surface area contributed by atoms with Gasteiger partial charge in [-0.3, -0.25) is 14.4 Å². The Kier molecular flexibility index (Phi) is 3.97. The van der Waals surface area contributed by atoms with Crippen LogP contribution in [0.15, 0.2) is 6.07 Å². The van der Waals surface area contributed by atoms with Gasteiger partial charge in [0.15, 0.2) is 0 Å². The predicted octanol–water partition coefficient (Wildman–Crippen LogP) is 0.693. The lowest BCUT2D eigenvalue weighted by Gasteiger charge is -2.34. The largest absolute Gasteiger partial charge is 0.395 e. The zero-order valence-corrected chi connectivity index (χ0v) is 13.2. The van der Waals surface area contributed by atoms with Crippen LogP contribution in [-0.2, 0) is 7.05 Å². The molecule has 0 spiro atoms. The number of nitrogens with zero attached hydrogens (tertiary/aromatic N) is 4. The molecule has 0 radical (unpaired) electrons. The van der Waals surface area contributed by atoms with Gasteiger partial charge in [-0.2, -0.15) is 5.10 Å². The summed E-state index contributed by atoms with van der Waals surface area (Å²) in [5.41, 5.74) is 0.968. The molecule has 1 aliphatic rings. The molecule has 7 heteroatoms. The number of rotatable bonds is 3. The van der Waals surface area contributed by atoms with Crippen molar-refractivity contribution in [3.05, 3.63) is 16.6 Å². The van der Waals surface area contributed by atoms with E-state index in [0.29, 0.717) is 6.54 Å². The Bertz CT molecular complexity index is 621. The third kappa shape index (κ3) is 2.68. The van der Waals surface area contributed by atoms with E-state index in [0.717, 1.165) is 47.0 Å². The minimum absolute atomic E-state index is 0.110. The minimum atomic E-state index is 0.110. The highest BCUT2D eigenvalue weighted by Gasteiger charge is 2.24. The van der Waals surface area contributed by atoms with Crippen molar-refractivity contribution in [3.63, 3.8) is 0 Å². The standard InChI is InChI=1S/C14H20N4O2S/c1-10-11-9-12(21-14(11)16(2)15-10)13(20)18-5-3-17(4-6-18)7-8-19/h9,19H,3-8H2,1-2H3. The smallest absolute Gasteiger partial charge is 0.264 e. The van der Waals surface area contributed by atoms with Gasteiger partial charge in [0.25, 0.3) is 5.91 Å². The molecule has 1 saturated heterocycles. The van der Waals surface area contributed by atoms with Gasteiger partial charge in [0, 0.05) is 45.2 Å². The molecule has 3 rings (SSSR count). The first-order valence-electron chi connectivity index (χ1n) is 7.16. The number of aromatic nitrogens is 2. The summed E-state index contributed by atoms with van der Waals surface area (Å²) in [5.74, 6) is 0.110. The Hall–Kier alpha value is -1.44. The van der Waals surface area contributed by atoms with Crippen molar-refractivity contribution in [1.82, 2.24) is 19.6 Å². The number of amides is 1. The first-order chi connectivity index (χ1) is 10.1. The van der Waals surface area contributed by atoms with Gasteiger partial charge in [-0.25, -0.2) is 0 Å². The molecule has 1 aliphatic heterocycles. The Morgan fingerprint density at radius 1 is 1.38 bits per heavy atom. The summed E-state index contributed by atoms with van der Waals surface area (Å²) >= 11 is 1.51. The van der Waals surface area contributed by atoms with Crippen LogP contribution in [0.3, 0.4) is 0 Å².